The van der Waals surface area contributed by atoms with Crippen molar-refractivity contribution in [2.75, 3.05) is 12.3 Å². The highest BCUT2D eigenvalue weighted by Crippen LogP contribution is 2.32. The number of ether oxygens (including phenoxy) is 1. The van der Waals surface area contributed by atoms with Gasteiger partial charge in [0.05, 0.1) is 23.8 Å². The Labute approximate surface area is 153 Å². The second-order valence-corrected chi connectivity index (χ2v) is 8.20. The third kappa shape index (κ3) is 3.33. The lowest BCUT2D eigenvalue weighted by Crippen LogP contribution is -2.16. The molecule has 8 nitrogen and oxygen atoms in total. The van der Waals surface area contributed by atoms with Crippen LogP contribution < -0.4 is 5.73 Å². The predicted octanol–water partition coefficient (Wildman–Crippen LogP) is 2.35. The molecule has 0 bridgehead atoms. The maximum atomic E-state index is 6.14. The summed E-state index contributed by atoms with van der Waals surface area (Å²) in [6.07, 6.45) is 2.35. The molecule has 1 saturated heterocycles. The fraction of sp³-hybridized carbons (Fsp3) is 0.533. The predicted molar refractivity (Wildman–Crippen MR) is 97.7 cm³/mol. The zero-order chi connectivity index (χ0) is 17.4. The number of nitrogens with zero attached hydrogens (tertiary/aromatic N) is 6. The van der Waals surface area contributed by atoms with Gasteiger partial charge in [0.1, 0.15) is 16.5 Å². The van der Waals surface area contributed by atoms with E-state index in [1.54, 1.807) is 16.0 Å². The Bertz CT molecular complexity index is 901. The van der Waals surface area contributed by atoms with Crippen LogP contribution in [0.15, 0.2) is 5.16 Å². The number of aromatic nitrogens is 6. The Morgan fingerprint density at radius 3 is 3.04 bits per heavy atom. The van der Waals surface area contributed by atoms with E-state index in [0.717, 1.165) is 40.4 Å². The Balaban J connectivity index is 1.50. The van der Waals surface area contributed by atoms with Crippen molar-refractivity contribution >= 4 is 39.1 Å². The first kappa shape index (κ1) is 16.7. The number of anilines is 1. The summed E-state index contributed by atoms with van der Waals surface area (Å²) < 4.78 is 7.45. The number of nitrogens with two attached hydrogens (primary N) is 1. The summed E-state index contributed by atoms with van der Waals surface area (Å²) in [5, 5.41) is 13.7. The van der Waals surface area contributed by atoms with Crippen molar-refractivity contribution in [2.45, 2.75) is 50.2 Å². The molecule has 132 valence electrons. The van der Waals surface area contributed by atoms with Crippen LogP contribution in [0.2, 0.25) is 0 Å². The summed E-state index contributed by atoms with van der Waals surface area (Å²) in [6, 6.07) is 0. The summed E-state index contributed by atoms with van der Waals surface area (Å²) >= 11 is 3.17. The first-order valence-corrected chi connectivity index (χ1v) is 9.94. The highest BCUT2D eigenvalue weighted by atomic mass is 32.2. The fourth-order valence-electron chi connectivity index (χ4n) is 2.92. The van der Waals surface area contributed by atoms with E-state index < -0.39 is 0 Å². The first-order valence-electron chi connectivity index (χ1n) is 8.14. The Kier molecular flexibility index (Phi) is 4.57. The SMILES string of the molecule is Cc1sc2nc(CSc3nnnn3C[C@@H]3CCCO3)nc(N)c2c1C. The summed E-state index contributed by atoms with van der Waals surface area (Å²) in [5.41, 5.74) is 7.31. The van der Waals surface area contributed by atoms with E-state index in [2.05, 4.69) is 39.3 Å². The second-order valence-electron chi connectivity index (χ2n) is 6.06. The molecular weight excluding hydrogens is 358 g/mol. The van der Waals surface area contributed by atoms with Crippen molar-refractivity contribution < 1.29 is 4.74 Å². The van der Waals surface area contributed by atoms with Crippen LogP contribution >= 0.6 is 23.1 Å². The normalized spacial score (nSPS) is 17.6. The van der Waals surface area contributed by atoms with Crippen LogP contribution in [-0.2, 0) is 17.0 Å². The molecule has 0 aromatic carbocycles. The van der Waals surface area contributed by atoms with Gasteiger partial charge in [0.25, 0.3) is 0 Å². The van der Waals surface area contributed by atoms with Gasteiger partial charge in [-0.05, 0) is 42.7 Å². The molecule has 0 amide bonds. The number of hydrogen-bond donors (Lipinski definition) is 1. The first-order chi connectivity index (χ1) is 12.1. The van der Waals surface area contributed by atoms with Gasteiger partial charge in [-0.15, -0.1) is 16.4 Å². The van der Waals surface area contributed by atoms with Gasteiger partial charge in [-0.3, -0.25) is 0 Å². The van der Waals surface area contributed by atoms with Crippen LogP contribution in [0, 0.1) is 13.8 Å². The van der Waals surface area contributed by atoms with E-state index >= 15 is 0 Å². The van der Waals surface area contributed by atoms with Crippen molar-refractivity contribution in [3.8, 4) is 0 Å². The molecule has 25 heavy (non-hydrogen) atoms. The molecule has 10 heteroatoms. The standard InChI is InChI=1S/C15H19N7OS2/c1-8-9(2)25-14-12(8)13(16)17-11(18-14)7-24-15-19-20-21-22(15)6-10-4-3-5-23-10/h10H,3-7H2,1-2H3,(H2,16,17,18)/t10-/m0/s1. The molecule has 0 unspecified atom stereocenters. The summed E-state index contributed by atoms with van der Waals surface area (Å²) in [5.74, 6) is 1.81. The number of hydrogen-bond acceptors (Lipinski definition) is 9. The van der Waals surface area contributed by atoms with Gasteiger partial charge in [0.2, 0.25) is 5.16 Å². The van der Waals surface area contributed by atoms with Crippen LogP contribution in [0.4, 0.5) is 5.82 Å². The number of tetrazole rings is 1. The van der Waals surface area contributed by atoms with Crippen LogP contribution in [0.5, 0.6) is 0 Å². The average Bonchev–Trinajstić information content (AvgIpc) is 3.29. The van der Waals surface area contributed by atoms with Crippen molar-refractivity contribution in [1.82, 2.24) is 30.2 Å². The maximum Gasteiger partial charge on any atom is 0.209 e. The molecule has 0 saturated carbocycles. The van der Waals surface area contributed by atoms with E-state index in [0.29, 0.717) is 23.9 Å². The number of thioether (sulfide) groups is 1. The number of fused-ring (bicyclic) bond motifs is 1. The highest BCUT2D eigenvalue weighted by Gasteiger charge is 2.19. The summed E-state index contributed by atoms with van der Waals surface area (Å²) in [7, 11) is 0. The monoisotopic (exact) mass is 377 g/mol. The van der Waals surface area contributed by atoms with Crippen molar-refractivity contribution in [3.05, 3.63) is 16.3 Å². The number of rotatable bonds is 5. The molecule has 0 aliphatic carbocycles. The van der Waals surface area contributed by atoms with Crippen LogP contribution in [0.25, 0.3) is 10.2 Å². The van der Waals surface area contributed by atoms with E-state index in [4.69, 9.17) is 10.5 Å². The minimum absolute atomic E-state index is 0.197. The van der Waals surface area contributed by atoms with Crippen molar-refractivity contribution in [2.24, 2.45) is 0 Å². The lowest BCUT2D eigenvalue weighted by molar-refractivity contribution is 0.0912. The number of aryl methyl sites for hydroxylation is 2. The molecule has 1 aliphatic rings. The quantitative estimate of drug-likeness (QED) is 0.676. The Hall–Kier alpha value is -1.78. The fourth-order valence-corrected chi connectivity index (χ4v) is 4.71. The Morgan fingerprint density at radius 1 is 1.36 bits per heavy atom. The van der Waals surface area contributed by atoms with Crippen molar-refractivity contribution in [1.29, 1.82) is 0 Å². The minimum atomic E-state index is 0.197. The van der Waals surface area contributed by atoms with Gasteiger partial charge < -0.3 is 10.5 Å². The molecule has 0 radical (unpaired) electrons. The molecule has 4 rings (SSSR count). The second kappa shape index (κ2) is 6.85. The lowest BCUT2D eigenvalue weighted by atomic mass is 10.2. The van der Waals surface area contributed by atoms with Crippen LogP contribution in [-0.4, -0.2) is 42.9 Å². The zero-order valence-electron chi connectivity index (χ0n) is 14.1. The molecule has 1 fully saturated rings. The molecule has 1 atom stereocenters. The lowest BCUT2D eigenvalue weighted by Gasteiger charge is -2.09. The molecule has 3 aromatic heterocycles. The van der Waals surface area contributed by atoms with Gasteiger partial charge in [0, 0.05) is 11.5 Å². The van der Waals surface area contributed by atoms with E-state index in [1.165, 1.54) is 16.6 Å². The van der Waals surface area contributed by atoms with Crippen LogP contribution in [0.1, 0.15) is 29.1 Å². The smallest absolute Gasteiger partial charge is 0.209 e. The van der Waals surface area contributed by atoms with Gasteiger partial charge in [-0.1, -0.05) is 11.8 Å². The topological polar surface area (TPSA) is 105 Å². The zero-order valence-corrected chi connectivity index (χ0v) is 15.7. The molecular formula is C15H19N7OS2. The molecule has 1 aliphatic heterocycles. The number of nitrogen functional groups attached to an aromatic ring is 1. The van der Waals surface area contributed by atoms with Gasteiger partial charge in [0.15, 0.2) is 0 Å². The van der Waals surface area contributed by atoms with Gasteiger partial charge >= 0.3 is 0 Å². The minimum Gasteiger partial charge on any atom is -0.383 e. The van der Waals surface area contributed by atoms with E-state index in [9.17, 15) is 0 Å². The largest absolute Gasteiger partial charge is 0.383 e. The summed E-state index contributed by atoms with van der Waals surface area (Å²) in [6.45, 7) is 5.64. The van der Waals surface area contributed by atoms with Crippen molar-refractivity contribution in [3.63, 3.8) is 0 Å². The third-order valence-electron chi connectivity index (χ3n) is 4.33. The van der Waals surface area contributed by atoms with E-state index in [-0.39, 0.29) is 6.10 Å². The Morgan fingerprint density at radius 2 is 2.24 bits per heavy atom. The van der Waals surface area contributed by atoms with E-state index in [1.807, 2.05) is 0 Å². The molecule has 2 N–H and O–H groups in total. The molecule has 0 spiro atoms. The maximum absolute atomic E-state index is 6.14. The van der Waals surface area contributed by atoms with Gasteiger partial charge in [-0.2, -0.15) is 0 Å². The molecule has 3 aromatic rings. The highest BCUT2D eigenvalue weighted by molar-refractivity contribution is 7.98. The van der Waals surface area contributed by atoms with Crippen LogP contribution in [0.3, 0.4) is 0 Å². The number of thiophene rings is 1. The average molecular weight is 377 g/mol. The van der Waals surface area contributed by atoms with Gasteiger partial charge in [-0.25, -0.2) is 14.6 Å². The molecule has 4 heterocycles. The summed E-state index contributed by atoms with van der Waals surface area (Å²) in [4.78, 5) is 11.3. The third-order valence-corrected chi connectivity index (χ3v) is 6.39.